The van der Waals surface area contributed by atoms with Gasteiger partial charge in [-0.3, -0.25) is 13.8 Å². The first-order valence-corrected chi connectivity index (χ1v) is 15.4. The largest absolute Gasteiger partial charge is 0.476 e. The van der Waals surface area contributed by atoms with Crippen LogP contribution in [0, 0.1) is 0 Å². The number of benzene rings is 4. The lowest BCUT2D eigenvalue weighted by Gasteiger charge is -2.34. The lowest BCUT2D eigenvalue weighted by Crippen LogP contribution is -2.48. The van der Waals surface area contributed by atoms with Crippen LogP contribution in [0.2, 0.25) is 10.0 Å². The number of halogens is 2. The van der Waals surface area contributed by atoms with E-state index in [9.17, 15) is 21.6 Å². The van der Waals surface area contributed by atoms with Crippen LogP contribution in [0.25, 0.3) is 0 Å². The molecule has 0 unspecified atom stereocenters. The number of amides is 1. The maximum Gasteiger partial charge on any atom is 0.267 e. The minimum absolute atomic E-state index is 0.00922. The molecule has 206 valence electrons. The van der Waals surface area contributed by atoms with Gasteiger partial charge < -0.3 is 10.1 Å². The van der Waals surface area contributed by atoms with Gasteiger partial charge in [-0.05, 0) is 72.8 Å². The summed E-state index contributed by atoms with van der Waals surface area (Å²) in [4.78, 5) is 13.1. The van der Waals surface area contributed by atoms with Crippen molar-refractivity contribution >= 4 is 66.2 Å². The van der Waals surface area contributed by atoms with E-state index in [0.717, 1.165) is 4.31 Å². The summed E-state index contributed by atoms with van der Waals surface area (Å²) in [6, 6.07) is 24.1. The average molecular weight is 619 g/mol. The van der Waals surface area contributed by atoms with Gasteiger partial charge in [0.05, 0.1) is 32.7 Å². The van der Waals surface area contributed by atoms with Crippen molar-refractivity contribution in [2.45, 2.75) is 15.9 Å². The van der Waals surface area contributed by atoms with Gasteiger partial charge in [0, 0.05) is 10.7 Å². The summed E-state index contributed by atoms with van der Waals surface area (Å²) in [6.45, 7) is -0.290. The normalized spacial score (nSPS) is 15.1. The molecule has 2 N–H and O–H groups in total. The standard InChI is InChI=1S/C27H21Cl2N3O6S2/c28-18-9-13-21(14-10-18)40(36,37)32-17-26(38-25-8-4-3-7-24(25)32)27(33)30-19-11-15-20(16-12-19)39(34,35)31-23-6-2-1-5-22(23)29/h1-16,26,31H,17H2,(H,30,33)/t26-/m0/s1. The van der Waals surface area contributed by atoms with Crippen molar-refractivity contribution in [3.8, 4) is 5.75 Å². The molecule has 40 heavy (non-hydrogen) atoms. The molecule has 0 fully saturated rings. The van der Waals surface area contributed by atoms with Crippen LogP contribution in [0.4, 0.5) is 17.1 Å². The van der Waals surface area contributed by atoms with E-state index in [-0.39, 0.29) is 38.5 Å². The number of nitrogens with zero attached hydrogens (tertiary/aromatic N) is 1. The van der Waals surface area contributed by atoms with E-state index in [1.165, 1.54) is 54.6 Å². The zero-order valence-electron chi connectivity index (χ0n) is 20.5. The number of hydrogen-bond acceptors (Lipinski definition) is 6. The van der Waals surface area contributed by atoms with Gasteiger partial charge in [0.2, 0.25) is 0 Å². The molecule has 5 rings (SSSR count). The molecular formula is C27H21Cl2N3O6S2. The van der Waals surface area contributed by atoms with Crippen LogP contribution >= 0.6 is 23.2 Å². The summed E-state index contributed by atoms with van der Waals surface area (Å²) in [7, 11) is -7.99. The van der Waals surface area contributed by atoms with Crippen molar-refractivity contribution in [2.24, 2.45) is 0 Å². The first kappa shape index (κ1) is 27.8. The van der Waals surface area contributed by atoms with E-state index in [4.69, 9.17) is 27.9 Å². The van der Waals surface area contributed by atoms with Crippen molar-refractivity contribution in [3.63, 3.8) is 0 Å². The Hall–Kier alpha value is -3.77. The van der Waals surface area contributed by atoms with Gasteiger partial charge >= 0.3 is 0 Å². The number of carbonyl (C=O) groups excluding carboxylic acids is 1. The Balaban J connectivity index is 1.34. The van der Waals surface area contributed by atoms with Crippen LogP contribution in [0.5, 0.6) is 5.75 Å². The highest BCUT2D eigenvalue weighted by Crippen LogP contribution is 2.37. The Kier molecular flexibility index (Phi) is 7.65. The summed E-state index contributed by atoms with van der Waals surface area (Å²) >= 11 is 12.0. The lowest BCUT2D eigenvalue weighted by molar-refractivity contribution is -0.122. The zero-order valence-corrected chi connectivity index (χ0v) is 23.6. The molecule has 0 aromatic heterocycles. The second kappa shape index (κ2) is 11.0. The molecule has 4 aromatic carbocycles. The van der Waals surface area contributed by atoms with Gasteiger partial charge in [0.25, 0.3) is 26.0 Å². The van der Waals surface area contributed by atoms with Crippen molar-refractivity contribution in [1.82, 2.24) is 0 Å². The maximum absolute atomic E-state index is 13.5. The van der Waals surface area contributed by atoms with E-state index in [0.29, 0.717) is 10.7 Å². The van der Waals surface area contributed by atoms with Crippen molar-refractivity contribution in [3.05, 3.63) is 107 Å². The number of sulfonamides is 2. The molecule has 0 saturated carbocycles. The van der Waals surface area contributed by atoms with E-state index in [1.54, 1.807) is 42.5 Å². The molecule has 13 heteroatoms. The van der Waals surface area contributed by atoms with Crippen molar-refractivity contribution in [2.75, 3.05) is 20.9 Å². The van der Waals surface area contributed by atoms with E-state index >= 15 is 0 Å². The fourth-order valence-corrected chi connectivity index (χ4v) is 6.91. The third kappa shape index (κ3) is 5.73. The Morgan fingerprint density at radius 1 is 0.800 bits per heavy atom. The fourth-order valence-electron chi connectivity index (χ4n) is 3.99. The third-order valence-electron chi connectivity index (χ3n) is 5.98. The Bertz CT molecular complexity index is 1780. The van der Waals surface area contributed by atoms with E-state index in [1.807, 2.05) is 0 Å². The zero-order chi connectivity index (χ0) is 28.5. The molecule has 0 saturated heterocycles. The summed E-state index contributed by atoms with van der Waals surface area (Å²) in [5, 5.41) is 3.29. The molecule has 0 radical (unpaired) electrons. The van der Waals surface area contributed by atoms with E-state index < -0.39 is 32.1 Å². The van der Waals surface area contributed by atoms with Crippen LogP contribution in [-0.4, -0.2) is 35.4 Å². The Morgan fingerprint density at radius 2 is 1.43 bits per heavy atom. The highest BCUT2D eigenvalue weighted by Gasteiger charge is 2.37. The Morgan fingerprint density at radius 3 is 2.12 bits per heavy atom. The predicted molar refractivity (Wildman–Crippen MR) is 154 cm³/mol. The third-order valence-corrected chi connectivity index (χ3v) is 9.74. The molecule has 1 atom stereocenters. The minimum Gasteiger partial charge on any atom is -0.476 e. The Labute approximate surface area is 241 Å². The molecule has 1 aliphatic rings. The molecule has 1 heterocycles. The van der Waals surface area contributed by atoms with Gasteiger partial charge in [-0.15, -0.1) is 0 Å². The lowest BCUT2D eigenvalue weighted by atomic mass is 10.2. The van der Waals surface area contributed by atoms with Gasteiger partial charge in [-0.25, -0.2) is 16.8 Å². The number of rotatable bonds is 7. The number of ether oxygens (including phenoxy) is 1. The first-order valence-electron chi connectivity index (χ1n) is 11.8. The monoisotopic (exact) mass is 617 g/mol. The quantitative estimate of drug-likeness (QED) is 0.287. The van der Waals surface area contributed by atoms with Gasteiger partial charge in [0.1, 0.15) is 5.75 Å². The van der Waals surface area contributed by atoms with Gasteiger partial charge in [0.15, 0.2) is 6.10 Å². The smallest absolute Gasteiger partial charge is 0.267 e. The van der Waals surface area contributed by atoms with Gasteiger partial charge in [-0.2, -0.15) is 0 Å². The van der Waals surface area contributed by atoms with Crippen molar-refractivity contribution in [1.29, 1.82) is 0 Å². The number of hydrogen-bond donors (Lipinski definition) is 2. The average Bonchev–Trinajstić information content (AvgIpc) is 2.94. The molecule has 4 aromatic rings. The van der Waals surface area contributed by atoms with Crippen LogP contribution < -0.4 is 19.1 Å². The molecule has 9 nitrogen and oxygen atoms in total. The summed E-state index contributed by atoms with van der Waals surface area (Å²) in [6.07, 6.45) is -1.19. The van der Waals surface area contributed by atoms with Crippen LogP contribution in [0.3, 0.4) is 0 Å². The molecule has 0 bridgehead atoms. The number of nitrogens with one attached hydrogen (secondary N) is 2. The van der Waals surface area contributed by atoms with Gasteiger partial charge in [-0.1, -0.05) is 47.5 Å². The summed E-state index contributed by atoms with van der Waals surface area (Å²) in [5.74, 6) is -0.394. The molecule has 1 amide bonds. The highest BCUT2D eigenvalue weighted by molar-refractivity contribution is 7.93. The first-order chi connectivity index (χ1) is 19.0. The topological polar surface area (TPSA) is 122 Å². The van der Waals surface area contributed by atoms with Crippen molar-refractivity contribution < 1.29 is 26.4 Å². The second-order valence-electron chi connectivity index (χ2n) is 8.66. The van der Waals surface area contributed by atoms with Crippen LogP contribution in [0.1, 0.15) is 0 Å². The molecular weight excluding hydrogens is 597 g/mol. The predicted octanol–water partition coefficient (Wildman–Crippen LogP) is 5.39. The fraction of sp³-hybridized carbons (Fsp3) is 0.0741. The highest BCUT2D eigenvalue weighted by atomic mass is 35.5. The molecule has 1 aliphatic heterocycles. The molecule has 0 aliphatic carbocycles. The summed E-state index contributed by atoms with van der Waals surface area (Å²) < 4.78 is 61.9. The van der Waals surface area contributed by atoms with Crippen LogP contribution in [-0.2, 0) is 24.8 Å². The number of anilines is 3. The summed E-state index contributed by atoms with van der Waals surface area (Å²) in [5.41, 5.74) is 0.813. The number of para-hydroxylation sites is 3. The number of carbonyl (C=O) groups is 1. The molecule has 0 spiro atoms. The minimum atomic E-state index is -4.05. The SMILES string of the molecule is O=C(Nc1ccc(S(=O)(=O)Nc2ccccc2Cl)cc1)[C@@H]1CN(S(=O)(=O)c2ccc(Cl)cc2)c2ccccc2O1. The van der Waals surface area contributed by atoms with E-state index in [2.05, 4.69) is 10.0 Å². The maximum atomic E-state index is 13.5. The number of fused-ring (bicyclic) bond motifs is 1. The van der Waals surface area contributed by atoms with Crippen LogP contribution in [0.15, 0.2) is 107 Å². The second-order valence-corrected chi connectivity index (χ2v) is 13.1.